The molecule has 1 aromatic heterocycles. The SMILES string of the molecule is CC(C)(C)n1c[c-]cc1.[V]. The predicted octanol–water partition coefficient (Wildman–Crippen LogP) is 2.04. The summed E-state index contributed by atoms with van der Waals surface area (Å²) in [4.78, 5) is 0. The summed E-state index contributed by atoms with van der Waals surface area (Å²) in [5.74, 6) is 0. The van der Waals surface area contributed by atoms with Crippen LogP contribution in [0.2, 0.25) is 0 Å². The van der Waals surface area contributed by atoms with Crippen molar-refractivity contribution in [1.29, 1.82) is 0 Å². The van der Waals surface area contributed by atoms with Crippen LogP contribution in [0, 0.1) is 6.07 Å². The molecule has 0 amide bonds. The monoisotopic (exact) mass is 173 g/mol. The smallest absolute Gasteiger partial charge is 0.0174 e. The first-order valence-electron chi connectivity index (χ1n) is 3.15. The number of nitrogens with zero attached hydrogens (tertiary/aromatic N) is 1. The van der Waals surface area contributed by atoms with E-state index in [4.69, 9.17) is 0 Å². The summed E-state index contributed by atoms with van der Waals surface area (Å²) in [7, 11) is 0. The van der Waals surface area contributed by atoms with Crippen LogP contribution in [0.1, 0.15) is 20.8 Å². The average Bonchev–Trinajstić information content (AvgIpc) is 2.08. The molecule has 55 valence electrons. The quantitative estimate of drug-likeness (QED) is 0.529. The van der Waals surface area contributed by atoms with Gasteiger partial charge in [-0.05, 0) is 20.8 Å². The maximum Gasteiger partial charge on any atom is 0.0174 e. The Labute approximate surface area is 74.3 Å². The van der Waals surface area contributed by atoms with E-state index in [-0.39, 0.29) is 24.1 Å². The molecule has 1 rings (SSSR count). The summed E-state index contributed by atoms with van der Waals surface area (Å²) in [5.41, 5.74) is 0.208. The fourth-order valence-corrected chi connectivity index (χ4v) is 0.707. The Morgan fingerprint density at radius 3 is 2.10 bits per heavy atom. The van der Waals surface area contributed by atoms with E-state index in [0.717, 1.165) is 0 Å². The Bertz CT molecular complexity index is 172. The van der Waals surface area contributed by atoms with Gasteiger partial charge in [0.15, 0.2) is 0 Å². The van der Waals surface area contributed by atoms with Crippen LogP contribution in [0.3, 0.4) is 0 Å². The Morgan fingerprint density at radius 2 is 1.90 bits per heavy atom. The summed E-state index contributed by atoms with van der Waals surface area (Å²) in [5, 5.41) is 0. The second-order valence-electron chi connectivity index (χ2n) is 3.19. The van der Waals surface area contributed by atoms with E-state index >= 15 is 0 Å². The number of rotatable bonds is 0. The Morgan fingerprint density at radius 1 is 1.30 bits per heavy atom. The van der Waals surface area contributed by atoms with Crippen LogP contribution < -0.4 is 0 Å². The van der Waals surface area contributed by atoms with Gasteiger partial charge in [-0.3, -0.25) is 0 Å². The molecule has 1 radical (unpaired) electrons. The van der Waals surface area contributed by atoms with E-state index in [2.05, 4.69) is 31.4 Å². The van der Waals surface area contributed by atoms with E-state index in [1.54, 1.807) is 0 Å². The van der Waals surface area contributed by atoms with Crippen molar-refractivity contribution < 1.29 is 18.6 Å². The van der Waals surface area contributed by atoms with Crippen molar-refractivity contribution in [2.45, 2.75) is 26.3 Å². The fraction of sp³-hybridized carbons (Fsp3) is 0.500. The van der Waals surface area contributed by atoms with Gasteiger partial charge in [0.25, 0.3) is 0 Å². The van der Waals surface area contributed by atoms with Crippen molar-refractivity contribution in [3.8, 4) is 0 Å². The van der Waals surface area contributed by atoms with Crippen molar-refractivity contribution in [2.75, 3.05) is 0 Å². The van der Waals surface area contributed by atoms with Crippen LogP contribution in [0.5, 0.6) is 0 Å². The zero-order valence-corrected chi connectivity index (χ0v) is 8.02. The molecule has 0 unspecified atom stereocenters. The molecule has 0 fully saturated rings. The summed E-state index contributed by atoms with van der Waals surface area (Å²) < 4.78 is 2.13. The van der Waals surface area contributed by atoms with Gasteiger partial charge in [-0.15, -0.1) is 12.4 Å². The zero-order chi connectivity index (χ0) is 6.91. The summed E-state index contributed by atoms with van der Waals surface area (Å²) in [6.07, 6.45) is 3.99. The molecule has 0 atom stereocenters. The van der Waals surface area contributed by atoms with Gasteiger partial charge in [0.2, 0.25) is 0 Å². The molecular formula is C8H12NV-. The third-order valence-corrected chi connectivity index (χ3v) is 1.32. The molecule has 0 bridgehead atoms. The van der Waals surface area contributed by atoms with Gasteiger partial charge in [-0.1, -0.05) is 0 Å². The first-order chi connectivity index (χ1) is 4.11. The molecule has 0 aromatic carbocycles. The van der Waals surface area contributed by atoms with Crippen molar-refractivity contribution in [3.63, 3.8) is 0 Å². The number of hydrogen-bond donors (Lipinski definition) is 0. The Kier molecular flexibility index (Phi) is 3.27. The third-order valence-electron chi connectivity index (χ3n) is 1.32. The summed E-state index contributed by atoms with van der Waals surface area (Å²) >= 11 is 0. The molecule has 0 aliphatic heterocycles. The largest absolute Gasteiger partial charge is 0.444 e. The van der Waals surface area contributed by atoms with Crippen LogP contribution in [-0.4, -0.2) is 4.57 Å². The minimum absolute atomic E-state index is 0. The van der Waals surface area contributed by atoms with Gasteiger partial charge in [-0.2, -0.15) is 0 Å². The van der Waals surface area contributed by atoms with Crippen LogP contribution in [0.4, 0.5) is 0 Å². The number of hydrogen-bond acceptors (Lipinski definition) is 0. The molecule has 0 saturated heterocycles. The molecule has 1 heterocycles. The Hall–Kier alpha value is -0.136. The molecular weight excluding hydrogens is 161 g/mol. The van der Waals surface area contributed by atoms with Crippen molar-refractivity contribution >= 4 is 0 Å². The van der Waals surface area contributed by atoms with Gasteiger partial charge in [0.1, 0.15) is 0 Å². The van der Waals surface area contributed by atoms with Gasteiger partial charge in [0, 0.05) is 24.1 Å². The van der Waals surface area contributed by atoms with Crippen molar-refractivity contribution in [2.24, 2.45) is 0 Å². The number of aromatic nitrogens is 1. The molecule has 0 N–H and O–H groups in total. The second kappa shape index (κ2) is 3.31. The van der Waals surface area contributed by atoms with Gasteiger partial charge in [0.05, 0.1) is 0 Å². The topological polar surface area (TPSA) is 4.93 Å². The van der Waals surface area contributed by atoms with Gasteiger partial charge < -0.3 is 4.57 Å². The maximum atomic E-state index is 3.00. The van der Waals surface area contributed by atoms with Crippen LogP contribution in [0.15, 0.2) is 18.5 Å². The summed E-state index contributed by atoms with van der Waals surface area (Å²) in [6.45, 7) is 6.50. The minimum atomic E-state index is 0. The van der Waals surface area contributed by atoms with E-state index in [0.29, 0.717) is 0 Å². The average molecular weight is 173 g/mol. The van der Waals surface area contributed by atoms with Crippen molar-refractivity contribution in [3.05, 3.63) is 24.5 Å². The second-order valence-corrected chi connectivity index (χ2v) is 3.19. The van der Waals surface area contributed by atoms with E-state index in [1.165, 1.54) is 0 Å². The molecule has 0 aliphatic carbocycles. The molecule has 2 heteroatoms. The van der Waals surface area contributed by atoms with Gasteiger partial charge >= 0.3 is 0 Å². The molecule has 10 heavy (non-hydrogen) atoms. The first-order valence-corrected chi connectivity index (χ1v) is 3.15. The zero-order valence-electron chi connectivity index (χ0n) is 6.63. The maximum absolute atomic E-state index is 3.00. The van der Waals surface area contributed by atoms with E-state index < -0.39 is 0 Å². The molecule has 0 aliphatic rings. The summed E-state index contributed by atoms with van der Waals surface area (Å²) in [6, 6.07) is 4.92. The first kappa shape index (κ1) is 9.86. The molecule has 1 nitrogen and oxygen atoms in total. The standard InChI is InChI=1S/C8H12N.V/c1-8(2,3)9-6-4-5-7-9;/h4,6-7H,1-3H3;/q-1;. The minimum Gasteiger partial charge on any atom is -0.444 e. The Balaban J connectivity index is 0.000000810. The molecule has 0 spiro atoms. The van der Waals surface area contributed by atoms with Crippen molar-refractivity contribution in [1.82, 2.24) is 4.57 Å². The van der Waals surface area contributed by atoms with Crippen LogP contribution in [-0.2, 0) is 24.1 Å². The normalized spacial score (nSPS) is 10.7. The molecule has 1 aromatic rings. The van der Waals surface area contributed by atoms with Crippen LogP contribution >= 0.6 is 0 Å². The van der Waals surface area contributed by atoms with E-state index in [1.807, 2.05) is 18.5 Å². The van der Waals surface area contributed by atoms with Gasteiger partial charge in [-0.25, -0.2) is 12.1 Å². The predicted molar refractivity (Wildman–Crippen MR) is 38.3 cm³/mol. The van der Waals surface area contributed by atoms with E-state index in [9.17, 15) is 0 Å². The molecule has 0 saturated carbocycles. The van der Waals surface area contributed by atoms with Crippen LogP contribution in [0.25, 0.3) is 0 Å². The third kappa shape index (κ3) is 2.24. The fourth-order valence-electron chi connectivity index (χ4n) is 0.707.